The zero-order valence-corrected chi connectivity index (χ0v) is 22.1. The molecule has 0 aromatic heterocycles. The molecule has 3 aromatic carbocycles. The standard InChI is InChI=1S/C23H24N4O8S2.ClH/c24-23(25)16-7-8-18(28)21(12-16)37(33,34)27-10-9-14-5-6-15(11-19(14)35-13-22(29)30)17-3-1-2-4-20(17)36(26,31)32;/h1-8,11-12,27-28H,9-10,13H2,(H3,24,25)(H,29,30)(H2,26,31,32);1H. The Balaban J connectivity index is 0.00000507. The molecule has 38 heavy (non-hydrogen) atoms. The zero-order valence-electron chi connectivity index (χ0n) is 19.6. The minimum absolute atomic E-state index is 0. The molecule has 3 aromatic rings. The molecule has 0 aliphatic heterocycles. The summed E-state index contributed by atoms with van der Waals surface area (Å²) in [5.41, 5.74) is 6.60. The summed E-state index contributed by atoms with van der Waals surface area (Å²) in [4.78, 5) is 10.5. The molecule has 3 rings (SSSR count). The van der Waals surface area contributed by atoms with Gasteiger partial charge >= 0.3 is 5.97 Å². The molecular weight excluding hydrogens is 560 g/mol. The summed E-state index contributed by atoms with van der Waals surface area (Å²) in [6.45, 7) is -0.854. The highest BCUT2D eigenvalue weighted by molar-refractivity contribution is 7.89. The van der Waals surface area contributed by atoms with Crippen molar-refractivity contribution in [3.8, 4) is 22.6 Å². The normalized spacial score (nSPS) is 11.4. The molecule has 0 unspecified atom stereocenters. The first-order valence-corrected chi connectivity index (χ1v) is 13.6. The lowest BCUT2D eigenvalue weighted by molar-refractivity contribution is -0.139. The highest BCUT2D eigenvalue weighted by Crippen LogP contribution is 2.32. The molecule has 204 valence electrons. The number of aliphatic carboxylic acids is 1. The number of rotatable bonds is 11. The van der Waals surface area contributed by atoms with Gasteiger partial charge in [0.05, 0.1) is 4.90 Å². The van der Waals surface area contributed by atoms with Crippen LogP contribution in [-0.4, -0.2) is 52.0 Å². The molecule has 0 radical (unpaired) electrons. The number of nitrogens with one attached hydrogen (secondary N) is 2. The fraction of sp³-hybridized carbons (Fsp3) is 0.130. The average molecular weight is 585 g/mol. The van der Waals surface area contributed by atoms with Crippen molar-refractivity contribution in [3.63, 3.8) is 0 Å². The van der Waals surface area contributed by atoms with E-state index in [0.29, 0.717) is 11.1 Å². The number of benzene rings is 3. The quantitative estimate of drug-likeness (QED) is 0.141. The molecule has 0 spiro atoms. The second-order valence-corrected chi connectivity index (χ2v) is 11.1. The van der Waals surface area contributed by atoms with Gasteiger partial charge in [0.25, 0.3) is 0 Å². The molecule has 0 atom stereocenters. The number of carboxylic acid groups (broad SMARTS) is 1. The van der Waals surface area contributed by atoms with Crippen LogP contribution in [0.3, 0.4) is 0 Å². The molecular formula is C23H25ClN4O8S2. The van der Waals surface area contributed by atoms with Crippen molar-refractivity contribution < 1.29 is 36.6 Å². The highest BCUT2D eigenvalue weighted by Gasteiger charge is 2.21. The number of nitrogen functional groups attached to an aromatic ring is 1. The van der Waals surface area contributed by atoms with Gasteiger partial charge in [0.1, 0.15) is 22.2 Å². The number of carbonyl (C=O) groups is 1. The van der Waals surface area contributed by atoms with Gasteiger partial charge in [-0.15, -0.1) is 12.4 Å². The van der Waals surface area contributed by atoms with Gasteiger partial charge in [-0.3, -0.25) is 5.41 Å². The molecule has 0 aliphatic rings. The number of amidine groups is 1. The maximum atomic E-state index is 12.7. The highest BCUT2D eigenvalue weighted by atomic mass is 35.5. The molecule has 8 N–H and O–H groups in total. The second kappa shape index (κ2) is 12.2. The summed E-state index contributed by atoms with van der Waals surface area (Å²) in [7, 11) is -8.25. The van der Waals surface area contributed by atoms with Crippen molar-refractivity contribution in [3.05, 3.63) is 71.8 Å². The van der Waals surface area contributed by atoms with Crippen LogP contribution in [0.2, 0.25) is 0 Å². The first-order valence-electron chi connectivity index (χ1n) is 10.6. The van der Waals surface area contributed by atoms with E-state index in [1.807, 2.05) is 0 Å². The van der Waals surface area contributed by atoms with Crippen LogP contribution >= 0.6 is 12.4 Å². The van der Waals surface area contributed by atoms with Crippen LogP contribution in [0.1, 0.15) is 11.1 Å². The van der Waals surface area contributed by atoms with Crippen LogP contribution in [0.15, 0.2) is 70.5 Å². The molecule has 0 saturated carbocycles. The third-order valence-corrected chi connectivity index (χ3v) is 7.63. The van der Waals surface area contributed by atoms with Gasteiger partial charge in [-0.1, -0.05) is 30.3 Å². The smallest absolute Gasteiger partial charge is 0.341 e. The van der Waals surface area contributed by atoms with Crippen molar-refractivity contribution >= 4 is 44.3 Å². The third-order valence-electron chi connectivity index (χ3n) is 5.17. The van der Waals surface area contributed by atoms with Crippen LogP contribution in [-0.2, 0) is 31.3 Å². The first-order chi connectivity index (χ1) is 17.3. The van der Waals surface area contributed by atoms with E-state index in [1.165, 1.54) is 30.3 Å². The Hall–Kier alpha value is -3.69. The summed E-state index contributed by atoms with van der Waals surface area (Å²) in [6.07, 6.45) is 0.0540. The fourth-order valence-corrected chi connectivity index (χ4v) is 5.36. The molecule has 0 saturated heterocycles. The SMILES string of the molecule is Cl.N=C(N)c1ccc(O)c(S(=O)(=O)NCCc2ccc(-c3ccccc3S(N)(=O)=O)cc2OCC(=O)O)c1. The lowest BCUT2D eigenvalue weighted by Gasteiger charge is -2.15. The Bertz CT molecular complexity index is 1580. The maximum Gasteiger partial charge on any atom is 0.341 e. The first kappa shape index (κ1) is 30.5. The van der Waals surface area contributed by atoms with Gasteiger partial charge in [0.2, 0.25) is 20.0 Å². The molecule has 0 heterocycles. The van der Waals surface area contributed by atoms with Crippen LogP contribution in [0, 0.1) is 5.41 Å². The Labute approximate surface area is 225 Å². The Morgan fingerprint density at radius 1 is 1.00 bits per heavy atom. The topological polar surface area (TPSA) is 223 Å². The van der Waals surface area contributed by atoms with Crippen molar-refractivity contribution in [1.82, 2.24) is 4.72 Å². The van der Waals surface area contributed by atoms with Gasteiger partial charge < -0.3 is 20.7 Å². The number of phenolic OH excluding ortho intramolecular Hbond substituents is 1. The number of carboxylic acids is 1. The molecule has 0 aliphatic carbocycles. The number of hydrogen-bond acceptors (Lipinski definition) is 8. The number of halogens is 1. The summed E-state index contributed by atoms with van der Waals surface area (Å²) in [6, 6.07) is 14.0. The lowest BCUT2D eigenvalue weighted by Crippen LogP contribution is -2.26. The monoisotopic (exact) mass is 584 g/mol. The van der Waals surface area contributed by atoms with E-state index in [1.54, 1.807) is 18.2 Å². The number of primary sulfonamides is 1. The summed E-state index contributed by atoms with van der Waals surface area (Å²) in [5, 5.41) is 31.8. The van der Waals surface area contributed by atoms with Gasteiger partial charge in [-0.05, 0) is 47.9 Å². The number of phenols is 1. The van der Waals surface area contributed by atoms with Crippen LogP contribution in [0.4, 0.5) is 0 Å². The van der Waals surface area contributed by atoms with E-state index in [4.69, 9.17) is 26.1 Å². The van der Waals surface area contributed by atoms with Crippen molar-refractivity contribution in [2.45, 2.75) is 16.2 Å². The maximum absolute atomic E-state index is 12.7. The van der Waals surface area contributed by atoms with Crippen LogP contribution in [0.25, 0.3) is 11.1 Å². The summed E-state index contributed by atoms with van der Waals surface area (Å²) < 4.78 is 57.2. The number of nitrogens with two attached hydrogens (primary N) is 2. The van der Waals surface area contributed by atoms with Crippen molar-refractivity contribution in [1.29, 1.82) is 5.41 Å². The second-order valence-electron chi connectivity index (χ2n) is 7.79. The number of hydrogen-bond donors (Lipinski definition) is 6. The molecule has 12 nitrogen and oxygen atoms in total. The van der Waals surface area contributed by atoms with E-state index in [0.717, 1.165) is 12.1 Å². The molecule has 0 amide bonds. The average Bonchev–Trinajstić information content (AvgIpc) is 2.82. The largest absolute Gasteiger partial charge is 0.507 e. The third kappa shape index (κ3) is 7.43. The van der Waals surface area contributed by atoms with Gasteiger partial charge in [0, 0.05) is 17.7 Å². The molecule has 0 fully saturated rings. The number of ether oxygens (including phenoxy) is 1. The van der Waals surface area contributed by atoms with E-state index in [9.17, 15) is 26.7 Å². The van der Waals surface area contributed by atoms with E-state index in [-0.39, 0.29) is 53.0 Å². The number of sulfonamides is 2. The summed E-state index contributed by atoms with van der Waals surface area (Å²) in [5.74, 6) is -2.05. The van der Waals surface area contributed by atoms with Gasteiger partial charge in [-0.25, -0.2) is 31.5 Å². The predicted molar refractivity (Wildman–Crippen MR) is 142 cm³/mol. The Kier molecular flexibility index (Phi) is 9.83. The van der Waals surface area contributed by atoms with Crippen molar-refractivity contribution in [2.24, 2.45) is 10.9 Å². The Morgan fingerprint density at radius 2 is 1.68 bits per heavy atom. The van der Waals surface area contributed by atoms with Crippen LogP contribution in [0.5, 0.6) is 11.5 Å². The fourth-order valence-electron chi connectivity index (χ4n) is 3.45. The van der Waals surface area contributed by atoms with Crippen LogP contribution < -0.4 is 20.3 Å². The molecule has 0 bridgehead atoms. The van der Waals surface area contributed by atoms with E-state index < -0.39 is 43.3 Å². The van der Waals surface area contributed by atoms with Gasteiger partial charge in [0.15, 0.2) is 6.61 Å². The predicted octanol–water partition coefficient (Wildman–Crippen LogP) is 1.40. The lowest BCUT2D eigenvalue weighted by atomic mass is 10.0. The van der Waals surface area contributed by atoms with Crippen molar-refractivity contribution in [2.75, 3.05) is 13.2 Å². The summed E-state index contributed by atoms with van der Waals surface area (Å²) >= 11 is 0. The minimum atomic E-state index is -4.20. The zero-order chi connectivity index (χ0) is 27.4. The number of aromatic hydroxyl groups is 1. The Morgan fingerprint density at radius 3 is 2.32 bits per heavy atom. The minimum Gasteiger partial charge on any atom is -0.507 e. The molecule has 15 heteroatoms. The van der Waals surface area contributed by atoms with Gasteiger partial charge in [-0.2, -0.15) is 0 Å². The van der Waals surface area contributed by atoms with E-state index in [2.05, 4.69) is 4.72 Å². The van der Waals surface area contributed by atoms with E-state index >= 15 is 0 Å².